The van der Waals surface area contributed by atoms with E-state index in [0.717, 1.165) is 45.2 Å². The van der Waals surface area contributed by atoms with E-state index in [2.05, 4.69) is 52.5 Å². The molecule has 1 aliphatic heterocycles. The van der Waals surface area contributed by atoms with Crippen LogP contribution in [0.5, 0.6) is 0 Å². The van der Waals surface area contributed by atoms with Gasteiger partial charge in [0.2, 0.25) is 0 Å². The minimum atomic E-state index is -0.226. The van der Waals surface area contributed by atoms with E-state index in [1.165, 1.54) is 0 Å². The maximum Gasteiger partial charge on any atom is 0.317 e. The largest absolute Gasteiger partial charge is 0.381 e. The Balaban J connectivity index is 1.70. The molecule has 3 atom stereocenters. The molecule has 25 heavy (non-hydrogen) atoms. The number of ether oxygens (including phenoxy) is 1. The zero-order valence-corrected chi connectivity index (χ0v) is 16.1. The van der Waals surface area contributed by atoms with E-state index in [4.69, 9.17) is 4.74 Å². The monoisotopic (exact) mass is 356 g/mol. The predicted molar refractivity (Wildman–Crippen MR) is 99.2 cm³/mol. The summed E-state index contributed by atoms with van der Waals surface area (Å²) in [6.45, 7) is 4.04. The van der Waals surface area contributed by atoms with E-state index < -0.39 is 0 Å². The molecule has 8 heteroatoms. The molecule has 0 radical (unpaired) electrons. The van der Waals surface area contributed by atoms with Gasteiger partial charge in [0, 0.05) is 32.3 Å². The summed E-state index contributed by atoms with van der Waals surface area (Å²) < 4.78 is 5.38. The quantitative estimate of drug-likeness (QED) is 0.440. The molecule has 2 aliphatic rings. The van der Waals surface area contributed by atoms with Crippen molar-refractivity contribution in [2.45, 2.75) is 69.7 Å². The van der Waals surface area contributed by atoms with Crippen LogP contribution in [-0.4, -0.2) is 75.9 Å². The third-order valence-electron chi connectivity index (χ3n) is 4.98. The summed E-state index contributed by atoms with van der Waals surface area (Å²) in [5.41, 5.74) is 0. The van der Waals surface area contributed by atoms with Crippen molar-refractivity contribution in [1.82, 2.24) is 31.5 Å². The highest BCUT2D eigenvalue weighted by Crippen LogP contribution is 2.20. The Morgan fingerprint density at radius 3 is 2.52 bits per heavy atom. The van der Waals surface area contributed by atoms with Crippen LogP contribution >= 0.6 is 0 Å². The molecule has 3 unspecified atom stereocenters. The fourth-order valence-electron chi connectivity index (χ4n) is 3.51. The minimum Gasteiger partial charge on any atom is -0.381 e. The zero-order valence-electron chi connectivity index (χ0n) is 16.1. The van der Waals surface area contributed by atoms with Gasteiger partial charge in [-0.1, -0.05) is 0 Å². The van der Waals surface area contributed by atoms with Crippen LogP contribution in [0.2, 0.25) is 0 Å². The fraction of sp³-hybridized carbons (Fsp3) is 0.941. The normalized spacial score (nSPS) is 33.2. The maximum absolute atomic E-state index is 12.3. The second kappa shape index (κ2) is 10.3. The standard InChI is InChI=1S/C17H36N6O2/c1-12-11-15(18-9-10-23(2)3)21-16(19-12)22-17(24)20-13-5-7-14(25-4)8-6-13/h12-16,18-19,21H,5-11H2,1-4H3,(H2,20,22,24). The molecule has 0 aromatic carbocycles. The van der Waals surface area contributed by atoms with E-state index in [-0.39, 0.29) is 24.5 Å². The van der Waals surface area contributed by atoms with Crippen molar-refractivity contribution >= 4 is 6.03 Å². The molecule has 0 aromatic rings. The first-order chi connectivity index (χ1) is 12.0. The molecule has 8 nitrogen and oxygen atoms in total. The Morgan fingerprint density at radius 2 is 1.88 bits per heavy atom. The molecule has 0 spiro atoms. The zero-order chi connectivity index (χ0) is 18.2. The van der Waals surface area contributed by atoms with E-state index in [9.17, 15) is 4.79 Å². The number of rotatable bonds is 7. The van der Waals surface area contributed by atoms with Crippen molar-refractivity contribution in [2.75, 3.05) is 34.3 Å². The van der Waals surface area contributed by atoms with Crippen LogP contribution < -0.4 is 26.6 Å². The average molecular weight is 357 g/mol. The number of methoxy groups -OCH3 is 1. The van der Waals surface area contributed by atoms with Crippen LogP contribution in [0.1, 0.15) is 39.0 Å². The van der Waals surface area contributed by atoms with Crippen molar-refractivity contribution < 1.29 is 9.53 Å². The van der Waals surface area contributed by atoms with E-state index in [0.29, 0.717) is 12.1 Å². The Bertz CT molecular complexity index is 401. The number of nitrogens with one attached hydrogen (secondary N) is 5. The Labute approximate surface area is 151 Å². The third kappa shape index (κ3) is 7.45. The van der Waals surface area contributed by atoms with Crippen molar-refractivity contribution in [3.63, 3.8) is 0 Å². The van der Waals surface area contributed by atoms with Crippen molar-refractivity contribution in [3.8, 4) is 0 Å². The molecule has 1 saturated carbocycles. The fourth-order valence-corrected chi connectivity index (χ4v) is 3.51. The lowest BCUT2D eigenvalue weighted by atomic mass is 9.93. The van der Waals surface area contributed by atoms with E-state index in [1.54, 1.807) is 7.11 Å². The molecule has 146 valence electrons. The summed E-state index contributed by atoms with van der Waals surface area (Å²) >= 11 is 0. The Hall–Kier alpha value is -0.930. The summed E-state index contributed by atoms with van der Waals surface area (Å²) in [6.07, 6.45) is 5.26. The number of hydrogen-bond acceptors (Lipinski definition) is 6. The lowest BCUT2D eigenvalue weighted by molar-refractivity contribution is 0.0633. The van der Waals surface area contributed by atoms with Crippen molar-refractivity contribution in [1.29, 1.82) is 0 Å². The van der Waals surface area contributed by atoms with Gasteiger partial charge in [-0.2, -0.15) is 0 Å². The number of carbonyl (C=O) groups is 1. The first kappa shape index (κ1) is 20.4. The summed E-state index contributed by atoms with van der Waals surface area (Å²) in [5.74, 6) is 0. The molecule has 0 bridgehead atoms. The number of hydrogen-bond donors (Lipinski definition) is 5. The second-order valence-corrected chi connectivity index (χ2v) is 7.54. The number of amides is 2. The van der Waals surface area contributed by atoms with Gasteiger partial charge >= 0.3 is 6.03 Å². The molecule has 2 fully saturated rings. The molecule has 2 amide bonds. The first-order valence-corrected chi connectivity index (χ1v) is 9.46. The molecule has 1 heterocycles. The number of urea groups is 1. The minimum absolute atomic E-state index is 0.119. The van der Waals surface area contributed by atoms with Gasteiger partial charge in [0.1, 0.15) is 6.29 Å². The van der Waals surface area contributed by atoms with Gasteiger partial charge in [-0.15, -0.1) is 0 Å². The highest BCUT2D eigenvalue weighted by molar-refractivity contribution is 5.74. The molecule has 5 N–H and O–H groups in total. The smallest absolute Gasteiger partial charge is 0.317 e. The van der Waals surface area contributed by atoms with Gasteiger partial charge in [0.05, 0.1) is 12.3 Å². The van der Waals surface area contributed by atoms with Crippen LogP contribution in [0.15, 0.2) is 0 Å². The van der Waals surface area contributed by atoms with Gasteiger partial charge in [0.25, 0.3) is 0 Å². The van der Waals surface area contributed by atoms with Crippen LogP contribution in [0.4, 0.5) is 4.79 Å². The molecular weight excluding hydrogens is 320 g/mol. The summed E-state index contributed by atoms with van der Waals surface area (Å²) in [5, 5.41) is 16.4. The molecule has 0 aromatic heterocycles. The first-order valence-electron chi connectivity index (χ1n) is 9.46. The predicted octanol–water partition coefficient (Wildman–Crippen LogP) is -0.0245. The topological polar surface area (TPSA) is 89.7 Å². The molecular formula is C17H36N6O2. The second-order valence-electron chi connectivity index (χ2n) is 7.54. The number of nitrogens with zero attached hydrogens (tertiary/aromatic N) is 1. The Kier molecular flexibility index (Phi) is 8.38. The van der Waals surface area contributed by atoms with E-state index in [1.807, 2.05) is 0 Å². The Morgan fingerprint density at radius 1 is 1.16 bits per heavy atom. The van der Waals surface area contributed by atoms with Gasteiger partial charge in [0.15, 0.2) is 0 Å². The maximum atomic E-state index is 12.3. The average Bonchev–Trinajstić information content (AvgIpc) is 2.54. The van der Waals surface area contributed by atoms with Crippen molar-refractivity contribution in [3.05, 3.63) is 0 Å². The van der Waals surface area contributed by atoms with Crippen LogP contribution in [-0.2, 0) is 4.74 Å². The summed E-state index contributed by atoms with van der Waals surface area (Å²) in [7, 11) is 5.89. The van der Waals surface area contributed by atoms with Crippen molar-refractivity contribution in [2.24, 2.45) is 0 Å². The van der Waals surface area contributed by atoms with Gasteiger partial charge in [-0.25, -0.2) is 4.79 Å². The number of likely N-dealkylation sites (N-methyl/N-ethyl adjacent to an activating group) is 1. The van der Waals surface area contributed by atoms with Crippen LogP contribution in [0.3, 0.4) is 0 Å². The highest BCUT2D eigenvalue weighted by Gasteiger charge is 2.27. The number of carbonyl (C=O) groups excluding carboxylic acids is 1. The SMILES string of the molecule is COC1CCC(NC(=O)NC2NC(C)CC(NCCN(C)C)N2)CC1. The third-order valence-corrected chi connectivity index (χ3v) is 4.98. The molecule has 1 saturated heterocycles. The summed E-state index contributed by atoms with van der Waals surface area (Å²) in [4.78, 5) is 14.4. The van der Waals surface area contributed by atoms with Gasteiger partial charge in [-0.3, -0.25) is 10.6 Å². The highest BCUT2D eigenvalue weighted by atomic mass is 16.5. The van der Waals surface area contributed by atoms with Gasteiger partial charge in [-0.05, 0) is 53.1 Å². The summed E-state index contributed by atoms with van der Waals surface area (Å²) in [6, 6.07) is 0.453. The lowest BCUT2D eigenvalue weighted by Crippen LogP contribution is -2.68. The molecule has 2 rings (SSSR count). The van der Waals surface area contributed by atoms with E-state index >= 15 is 0 Å². The molecule has 1 aliphatic carbocycles. The lowest BCUT2D eigenvalue weighted by Gasteiger charge is -2.37. The van der Waals surface area contributed by atoms with Crippen LogP contribution in [0.25, 0.3) is 0 Å². The van der Waals surface area contributed by atoms with Crippen LogP contribution in [0, 0.1) is 0 Å². The van der Waals surface area contributed by atoms with Gasteiger partial charge < -0.3 is 25.6 Å².